The van der Waals surface area contributed by atoms with E-state index in [0.29, 0.717) is 18.4 Å². The number of imidazole rings is 1. The minimum atomic E-state index is -1.34. The van der Waals surface area contributed by atoms with Crippen LogP contribution in [0.5, 0.6) is 0 Å². The van der Waals surface area contributed by atoms with Crippen LogP contribution in [0.25, 0.3) is 0 Å². The Balaban J connectivity index is 2.04. The lowest BCUT2D eigenvalue weighted by atomic mass is 9.79. The minimum absolute atomic E-state index is 0.228. The lowest BCUT2D eigenvalue weighted by molar-refractivity contribution is -0.0315. The zero-order valence-electron chi connectivity index (χ0n) is 10.8. The largest absolute Gasteiger partial charge is 0.382 e. The molecule has 1 heterocycles. The Morgan fingerprint density at radius 2 is 2.10 bits per heavy atom. The molecule has 0 spiro atoms. The van der Waals surface area contributed by atoms with Crippen molar-refractivity contribution in [2.45, 2.75) is 25.0 Å². The lowest BCUT2D eigenvalue weighted by Crippen LogP contribution is -2.40. The molecule has 0 aliphatic heterocycles. The molecule has 1 atom stereocenters. The Bertz CT molecular complexity index is 641. The molecule has 1 saturated carbocycles. The Hall–Kier alpha value is -2.19. The second-order valence-corrected chi connectivity index (χ2v) is 5.30. The third-order valence-corrected chi connectivity index (χ3v) is 4.05. The average molecular weight is 271 g/mol. The smallest absolute Gasteiger partial charge is 0.126 e. The predicted molar refractivity (Wildman–Crippen MR) is 69.8 cm³/mol. The Labute approximate surface area is 116 Å². The summed E-state index contributed by atoms with van der Waals surface area (Å²) in [5, 5.41) is 20.6. The SMILES string of the molecule is N#CC1(C(O)(Cn2ccnc2)c2ccc(F)cc2)CC1. The molecule has 20 heavy (non-hydrogen) atoms. The molecule has 1 fully saturated rings. The second kappa shape index (κ2) is 4.43. The minimum Gasteiger partial charge on any atom is -0.382 e. The van der Waals surface area contributed by atoms with Crippen LogP contribution in [0.15, 0.2) is 43.0 Å². The van der Waals surface area contributed by atoms with E-state index >= 15 is 0 Å². The normalized spacial score (nSPS) is 19.1. The number of hydrogen-bond donors (Lipinski definition) is 1. The number of rotatable bonds is 4. The number of benzene rings is 1. The summed E-state index contributed by atoms with van der Waals surface area (Å²) in [4.78, 5) is 3.95. The first-order chi connectivity index (χ1) is 9.60. The van der Waals surface area contributed by atoms with Crippen molar-refractivity contribution < 1.29 is 9.50 Å². The standard InChI is InChI=1S/C15H14FN3O/c16-13-3-1-12(2-4-13)15(20,14(9-17)5-6-14)10-19-8-7-18-11-19/h1-4,7-8,11,20H,5-6,10H2. The van der Waals surface area contributed by atoms with Gasteiger partial charge in [0.25, 0.3) is 0 Å². The van der Waals surface area contributed by atoms with Crippen LogP contribution in [0.2, 0.25) is 0 Å². The van der Waals surface area contributed by atoms with Gasteiger partial charge in [-0.25, -0.2) is 9.37 Å². The lowest BCUT2D eigenvalue weighted by Gasteiger charge is -2.33. The molecule has 5 heteroatoms. The summed E-state index contributed by atoms with van der Waals surface area (Å²) in [6.45, 7) is 0.228. The van der Waals surface area contributed by atoms with Gasteiger partial charge in [0.1, 0.15) is 11.4 Å². The Morgan fingerprint density at radius 3 is 2.60 bits per heavy atom. The summed E-state index contributed by atoms with van der Waals surface area (Å²) in [6.07, 6.45) is 6.25. The molecular formula is C15H14FN3O. The molecule has 1 N–H and O–H groups in total. The van der Waals surface area contributed by atoms with E-state index in [2.05, 4.69) is 11.1 Å². The first-order valence-corrected chi connectivity index (χ1v) is 6.45. The van der Waals surface area contributed by atoms with Crippen LogP contribution in [-0.4, -0.2) is 14.7 Å². The monoisotopic (exact) mass is 271 g/mol. The van der Waals surface area contributed by atoms with Crippen LogP contribution in [0, 0.1) is 22.6 Å². The molecule has 0 radical (unpaired) electrons. The maximum absolute atomic E-state index is 13.1. The third-order valence-electron chi connectivity index (χ3n) is 4.05. The van der Waals surface area contributed by atoms with E-state index in [9.17, 15) is 14.8 Å². The second-order valence-electron chi connectivity index (χ2n) is 5.30. The van der Waals surface area contributed by atoms with Gasteiger partial charge in [0.15, 0.2) is 0 Å². The van der Waals surface area contributed by atoms with Crippen LogP contribution in [0.1, 0.15) is 18.4 Å². The van der Waals surface area contributed by atoms with Crippen molar-refractivity contribution in [3.8, 4) is 6.07 Å². The van der Waals surface area contributed by atoms with Crippen molar-refractivity contribution in [1.82, 2.24) is 9.55 Å². The van der Waals surface area contributed by atoms with E-state index in [1.54, 1.807) is 35.4 Å². The number of hydrogen-bond acceptors (Lipinski definition) is 3. The van der Waals surface area contributed by atoms with Gasteiger partial charge in [-0.3, -0.25) is 0 Å². The van der Waals surface area contributed by atoms with Gasteiger partial charge in [-0.05, 0) is 30.5 Å². The van der Waals surface area contributed by atoms with Gasteiger partial charge < -0.3 is 9.67 Å². The van der Waals surface area contributed by atoms with E-state index in [-0.39, 0.29) is 12.4 Å². The highest BCUT2D eigenvalue weighted by molar-refractivity contribution is 5.33. The van der Waals surface area contributed by atoms with Gasteiger partial charge in [0.2, 0.25) is 0 Å². The molecule has 1 unspecified atom stereocenters. The molecule has 102 valence electrons. The number of aliphatic hydroxyl groups is 1. The Kier molecular flexibility index (Phi) is 2.84. The van der Waals surface area contributed by atoms with Gasteiger partial charge >= 0.3 is 0 Å². The summed E-state index contributed by atoms with van der Waals surface area (Å²) < 4.78 is 14.8. The highest BCUT2D eigenvalue weighted by Crippen LogP contribution is 2.58. The molecule has 4 nitrogen and oxygen atoms in total. The number of halogens is 1. The summed E-state index contributed by atoms with van der Waals surface area (Å²) in [6, 6.07) is 7.95. The van der Waals surface area contributed by atoms with E-state index in [1.165, 1.54) is 12.1 Å². The van der Waals surface area contributed by atoms with Gasteiger partial charge in [0, 0.05) is 12.4 Å². The molecule has 0 bridgehead atoms. The quantitative estimate of drug-likeness (QED) is 0.927. The summed E-state index contributed by atoms with van der Waals surface area (Å²) in [5.41, 5.74) is -1.57. The van der Waals surface area contributed by atoms with Gasteiger partial charge in [-0.15, -0.1) is 0 Å². The summed E-state index contributed by atoms with van der Waals surface area (Å²) in [7, 11) is 0. The first kappa shape index (κ1) is 12.8. The van der Waals surface area contributed by atoms with Crippen molar-refractivity contribution >= 4 is 0 Å². The highest BCUT2D eigenvalue weighted by Gasteiger charge is 2.60. The van der Waals surface area contributed by atoms with Crippen molar-refractivity contribution in [3.05, 3.63) is 54.4 Å². The fraction of sp³-hybridized carbons (Fsp3) is 0.333. The fourth-order valence-electron chi connectivity index (χ4n) is 2.63. The van der Waals surface area contributed by atoms with Crippen molar-refractivity contribution in [3.63, 3.8) is 0 Å². The summed E-state index contributed by atoms with van der Waals surface area (Å²) >= 11 is 0. The molecule has 1 aliphatic carbocycles. The van der Waals surface area contributed by atoms with E-state index in [1.807, 2.05) is 0 Å². The zero-order chi connectivity index (χ0) is 14.2. The van der Waals surface area contributed by atoms with E-state index in [0.717, 1.165) is 0 Å². The molecule has 2 aromatic rings. The molecule has 1 aromatic heterocycles. The zero-order valence-corrected chi connectivity index (χ0v) is 10.8. The number of nitrogens with zero attached hydrogens (tertiary/aromatic N) is 3. The number of nitriles is 1. The van der Waals surface area contributed by atoms with Crippen LogP contribution < -0.4 is 0 Å². The van der Waals surface area contributed by atoms with Crippen LogP contribution >= 0.6 is 0 Å². The summed E-state index contributed by atoms with van der Waals surface area (Å²) in [5.74, 6) is -0.361. The first-order valence-electron chi connectivity index (χ1n) is 6.45. The molecule has 1 aliphatic rings. The molecule has 0 amide bonds. The molecule has 3 rings (SSSR count). The van der Waals surface area contributed by atoms with Crippen LogP contribution in [0.3, 0.4) is 0 Å². The van der Waals surface area contributed by atoms with Gasteiger partial charge in [-0.1, -0.05) is 12.1 Å². The maximum Gasteiger partial charge on any atom is 0.126 e. The Morgan fingerprint density at radius 1 is 1.40 bits per heavy atom. The predicted octanol–water partition coefficient (Wildman–Crippen LogP) is 2.21. The van der Waals surface area contributed by atoms with E-state index in [4.69, 9.17) is 0 Å². The topological polar surface area (TPSA) is 61.8 Å². The molecule has 1 aromatic carbocycles. The van der Waals surface area contributed by atoms with Crippen molar-refractivity contribution in [2.75, 3.05) is 0 Å². The molecule has 0 saturated heterocycles. The molecular weight excluding hydrogens is 257 g/mol. The number of aromatic nitrogens is 2. The van der Waals surface area contributed by atoms with Crippen molar-refractivity contribution in [1.29, 1.82) is 5.26 Å². The van der Waals surface area contributed by atoms with Crippen LogP contribution in [0.4, 0.5) is 4.39 Å². The average Bonchev–Trinajstić information content (AvgIpc) is 3.11. The van der Waals surface area contributed by atoms with Gasteiger partial charge in [0.05, 0.1) is 24.4 Å². The van der Waals surface area contributed by atoms with Gasteiger partial charge in [-0.2, -0.15) is 5.26 Å². The van der Waals surface area contributed by atoms with Crippen LogP contribution in [-0.2, 0) is 12.1 Å². The maximum atomic E-state index is 13.1. The van der Waals surface area contributed by atoms with Crippen molar-refractivity contribution in [2.24, 2.45) is 5.41 Å². The van der Waals surface area contributed by atoms with E-state index < -0.39 is 11.0 Å². The third kappa shape index (κ3) is 1.89. The highest BCUT2D eigenvalue weighted by atomic mass is 19.1. The fourth-order valence-corrected chi connectivity index (χ4v) is 2.63.